The van der Waals surface area contributed by atoms with Gasteiger partial charge >= 0.3 is 5.97 Å². The van der Waals surface area contributed by atoms with Crippen molar-refractivity contribution >= 4 is 11.9 Å². The molecule has 1 amide bonds. The molecule has 7 nitrogen and oxygen atoms in total. The predicted octanol–water partition coefficient (Wildman–Crippen LogP) is 0.279. The highest BCUT2D eigenvalue weighted by Gasteiger charge is 2.11. The Hall–Kier alpha value is -2.57. The smallest absolute Gasteiger partial charge is 0.352 e. The number of carbonyl (C=O) groups is 2. The maximum atomic E-state index is 11.8. The number of rotatable bonds is 6. The zero-order valence-electron chi connectivity index (χ0n) is 11.1. The molecule has 106 valence electrons. The van der Waals surface area contributed by atoms with Crippen molar-refractivity contribution in [3.63, 3.8) is 0 Å². The molecule has 2 aromatic rings. The molecular formula is C13H16N4O3. The lowest BCUT2D eigenvalue weighted by molar-refractivity contribution is -0.121. The second-order valence-electron chi connectivity index (χ2n) is 4.37. The second-order valence-corrected chi connectivity index (χ2v) is 4.37. The van der Waals surface area contributed by atoms with E-state index in [1.807, 2.05) is 13.1 Å². The van der Waals surface area contributed by atoms with Crippen LogP contribution < -0.4 is 5.32 Å². The summed E-state index contributed by atoms with van der Waals surface area (Å²) in [5.74, 6) is -1.26. The SMILES string of the molecule is Cn1nccc1CCNC(=O)Cn1cccc1C(=O)O. The topological polar surface area (TPSA) is 89.2 Å². The monoisotopic (exact) mass is 276 g/mol. The number of carboxylic acid groups (broad SMARTS) is 1. The lowest BCUT2D eigenvalue weighted by Gasteiger charge is -2.08. The quantitative estimate of drug-likeness (QED) is 0.793. The fraction of sp³-hybridized carbons (Fsp3) is 0.308. The number of aromatic nitrogens is 3. The minimum Gasteiger partial charge on any atom is -0.477 e. The molecule has 7 heteroatoms. The molecule has 0 radical (unpaired) electrons. The van der Waals surface area contributed by atoms with Crippen LogP contribution in [0.1, 0.15) is 16.2 Å². The molecule has 0 spiro atoms. The molecule has 2 rings (SSSR count). The highest BCUT2D eigenvalue weighted by molar-refractivity contribution is 5.86. The first-order valence-electron chi connectivity index (χ1n) is 6.20. The van der Waals surface area contributed by atoms with Crippen LogP contribution in [0.2, 0.25) is 0 Å². The average Bonchev–Trinajstić information content (AvgIpc) is 2.99. The Bertz CT molecular complexity index is 615. The first kappa shape index (κ1) is 13.9. The largest absolute Gasteiger partial charge is 0.477 e. The molecular weight excluding hydrogens is 260 g/mol. The molecule has 2 heterocycles. The van der Waals surface area contributed by atoms with Gasteiger partial charge in [-0.15, -0.1) is 0 Å². The first-order valence-corrected chi connectivity index (χ1v) is 6.20. The van der Waals surface area contributed by atoms with Gasteiger partial charge in [0.25, 0.3) is 0 Å². The summed E-state index contributed by atoms with van der Waals surface area (Å²) in [5, 5.41) is 15.7. The zero-order valence-corrected chi connectivity index (χ0v) is 11.1. The predicted molar refractivity (Wildman–Crippen MR) is 71.3 cm³/mol. The fourth-order valence-corrected chi connectivity index (χ4v) is 1.93. The Labute approximate surface area is 115 Å². The van der Waals surface area contributed by atoms with Crippen LogP contribution in [0.5, 0.6) is 0 Å². The summed E-state index contributed by atoms with van der Waals surface area (Å²) in [6.07, 6.45) is 3.96. The van der Waals surface area contributed by atoms with Crippen LogP contribution in [0.4, 0.5) is 0 Å². The molecule has 0 aromatic carbocycles. The third-order valence-corrected chi connectivity index (χ3v) is 2.99. The van der Waals surface area contributed by atoms with Gasteiger partial charge in [0.1, 0.15) is 12.2 Å². The number of aromatic carboxylic acids is 1. The highest BCUT2D eigenvalue weighted by Crippen LogP contribution is 2.02. The van der Waals surface area contributed by atoms with Crippen molar-refractivity contribution in [2.75, 3.05) is 6.54 Å². The number of nitrogens with one attached hydrogen (secondary N) is 1. The second kappa shape index (κ2) is 6.05. The van der Waals surface area contributed by atoms with E-state index in [-0.39, 0.29) is 18.1 Å². The van der Waals surface area contributed by atoms with E-state index in [1.54, 1.807) is 23.1 Å². The Morgan fingerprint density at radius 2 is 2.20 bits per heavy atom. The van der Waals surface area contributed by atoms with E-state index in [4.69, 9.17) is 5.11 Å². The van der Waals surface area contributed by atoms with E-state index in [2.05, 4.69) is 10.4 Å². The molecule has 20 heavy (non-hydrogen) atoms. The molecule has 0 atom stereocenters. The molecule has 0 bridgehead atoms. The minimum atomic E-state index is -1.04. The molecule has 0 aliphatic rings. The van der Waals surface area contributed by atoms with Crippen molar-refractivity contribution in [1.82, 2.24) is 19.7 Å². The van der Waals surface area contributed by atoms with Gasteiger partial charge in [-0.25, -0.2) is 4.79 Å². The summed E-state index contributed by atoms with van der Waals surface area (Å²) in [4.78, 5) is 22.7. The first-order chi connectivity index (χ1) is 9.58. The van der Waals surface area contributed by atoms with Gasteiger partial charge in [-0.2, -0.15) is 5.10 Å². The normalized spacial score (nSPS) is 10.4. The number of hydrogen-bond donors (Lipinski definition) is 2. The van der Waals surface area contributed by atoms with Gasteiger partial charge in [-0.3, -0.25) is 9.48 Å². The van der Waals surface area contributed by atoms with Crippen LogP contribution in [0.3, 0.4) is 0 Å². The number of nitrogens with zero attached hydrogens (tertiary/aromatic N) is 3. The summed E-state index contributed by atoms with van der Waals surface area (Å²) in [7, 11) is 1.84. The van der Waals surface area contributed by atoms with Crippen molar-refractivity contribution in [3.8, 4) is 0 Å². The Balaban J connectivity index is 1.82. The molecule has 2 N–H and O–H groups in total. The van der Waals surface area contributed by atoms with Crippen molar-refractivity contribution in [3.05, 3.63) is 42.0 Å². The van der Waals surface area contributed by atoms with Gasteiger partial charge < -0.3 is 15.0 Å². The molecule has 0 saturated carbocycles. The van der Waals surface area contributed by atoms with Crippen LogP contribution >= 0.6 is 0 Å². The maximum absolute atomic E-state index is 11.8. The van der Waals surface area contributed by atoms with E-state index in [1.165, 1.54) is 10.6 Å². The van der Waals surface area contributed by atoms with Gasteiger partial charge in [0.05, 0.1) is 0 Å². The molecule has 2 aromatic heterocycles. The van der Waals surface area contributed by atoms with Crippen molar-refractivity contribution < 1.29 is 14.7 Å². The highest BCUT2D eigenvalue weighted by atomic mass is 16.4. The Morgan fingerprint density at radius 1 is 1.40 bits per heavy atom. The lowest BCUT2D eigenvalue weighted by Crippen LogP contribution is -2.30. The van der Waals surface area contributed by atoms with Crippen molar-refractivity contribution in [2.45, 2.75) is 13.0 Å². The Kier molecular flexibility index (Phi) is 4.19. The third kappa shape index (κ3) is 3.25. The molecule has 0 saturated heterocycles. The fourth-order valence-electron chi connectivity index (χ4n) is 1.93. The summed E-state index contributed by atoms with van der Waals surface area (Å²) >= 11 is 0. The van der Waals surface area contributed by atoms with E-state index < -0.39 is 5.97 Å². The average molecular weight is 276 g/mol. The number of aryl methyl sites for hydroxylation is 1. The lowest BCUT2D eigenvalue weighted by atomic mass is 10.3. The third-order valence-electron chi connectivity index (χ3n) is 2.99. The molecule has 0 fully saturated rings. The van der Waals surface area contributed by atoms with Crippen LogP contribution in [0.25, 0.3) is 0 Å². The number of amides is 1. The van der Waals surface area contributed by atoms with E-state index in [0.29, 0.717) is 13.0 Å². The number of carbonyl (C=O) groups excluding carboxylic acids is 1. The van der Waals surface area contributed by atoms with Crippen LogP contribution in [-0.4, -0.2) is 37.9 Å². The van der Waals surface area contributed by atoms with E-state index >= 15 is 0 Å². The van der Waals surface area contributed by atoms with Gasteiger partial charge in [0, 0.05) is 38.1 Å². The van der Waals surface area contributed by atoms with Crippen LogP contribution in [0.15, 0.2) is 30.6 Å². The summed E-state index contributed by atoms with van der Waals surface area (Å²) < 4.78 is 3.16. The van der Waals surface area contributed by atoms with Gasteiger partial charge in [0.2, 0.25) is 5.91 Å². The number of hydrogen-bond acceptors (Lipinski definition) is 3. The van der Waals surface area contributed by atoms with E-state index in [9.17, 15) is 9.59 Å². The van der Waals surface area contributed by atoms with Gasteiger partial charge in [-0.1, -0.05) is 0 Å². The standard InChI is InChI=1S/C13H16N4O3/c1-16-10(5-7-15-16)4-6-14-12(18)9-17-8-2-3-11(17)13(19)20/h2-3,5,7-8H,4,6,9H2,1H3,(H,14,18)(H,19,20). The van der Waals surface area contributed by atoms with Gasteiger partial charge in [-0.05, 0) is 18.2 Å². The van der Waals surface area contributed by atoms with Crippen molar-refractivity contribution in [2.24, 2.45) is 7.05 Å². The summed E-state index contributed by atoms with van der Waals surface area (Å²) in [6, 6.07) is 4.96. The van der Waals surface area contributed by atoms with Crippen LogP contribution in [-0.2, 0) is 24.8 Å². The number of carboxylic acids is 1. The summed E-state index contributed by atoms with van der Waals surface area (Å²) in [6.45, 7) is 0.488. The maximum Gasteiger partial charge on any atom is 0.352 e. The summed E-state index contributed by atoms with van der Waals surface area (Å²) in [5.41, 5.74) is 1.13. The van der Waals surface area contributed by atoms with Crippen LogP contribution in [0, 0.1) is 0 Å². The molecule has 0 unspecified atom stereocenters. The van der Waals surface area contributed by atoms with E-state index in [0.717, 1.165) is 5.69 Å². The van der Waals surface area contributed by atoms with Gasteiger partial charge in [0.15, 0.2) is 0 Å². The van der Waals surface area contributed by atoms with Crippen molar-refractivity contribution in [1.29, 1.82) is 0 Å². The minimum absolute atomic E-state index is 0.0000201. The Morgan fingerprint density at radius 3 is 2.85 bits per heavy atom. The molecule has 0 aliphatic carbocycles. The molecule has 0 aliphatic heterocycles. The zero-order chi connectivity index (χ0) is 14.5.